The first-order valence-corrected chi connectivity index (χ1v) is 8.43. The third kappa shape index (κ3) is 5.13. The first-order valence-electron chi connectivity index (χ1n) is 8.43. The maximum Gasteiger partial charge on any atom is 0.225 e. The zero-order valence-electron chi connectivity index (χ0n) is 14.5. The average molecular weight is 302 g/mol. The maximum atomic E-state index is 11.9. The van der Waals surface area contributed by atoms with Gasteiger partial charge in [-0.2, -0.15) is 0 Å². The molecular weight excluding hydrogens is 272 g/mol. The summed E-state index contributed by atoms with van der Waals surface area (Å²) in [5.74, 6) is 0.976. The fraction of sp³-hybridized carbons (Fsp3) is 0.632. The van der Waals surface area contributed by atoms with Crippen LogP contribution < -0.4 is 5.32 Å². The highest BCUT2D eigenvalue weighted by molar-refractivity contribution is 5.81. The topological polar surface area (TPSA) is 32.3 Å². The van der Waals surface area contributed by atoms with Crippen LogP contribution in [0.4, 0.5) is 0 Å². The smallest absolute Gasteiger partial charge is 0.225 e. The predicted octanol–water partition coefficient (Wildman–Crippen LogP) is 3.58. The third-order valence-corrected chi connectivity index (χ3v) is 4.44. The Labute approximate surface area is 135 Å². The van der Waals surface area contributed by atoms with Crippen molar-refractivity contribution in [2.45, 2.75) is 53.6 Å². The summed E-state index contributed by atoms with van der Waals surface area (Å²) in [4.78, 5) is 14.4. The monoisotopic (exact) mass is 302 g/mol. The van der Waals surface area contributed by atoms with Crippen molar-refractivity contribution in [2.24, 2.45) is 11.3 Å². The SMILES string of the molecule is CC1CCN(Cc2ccc(CNC(=O)C(C)(C)C)cc2)CC1. The van der Waals surface area contributed by atoms with Crippen molar-refractivity contribution in [3.05, 3.63) is 35.4 Å². The van der Waals surface area contributed by atoms with Gasteiger partial charge < -0.3 is 5.32 Å². The molecule has 22 heavy (non-hydrogen) atoms. The second-order valence-corrected chi connectivity index (χ2v) is 7.71. The molecule has 3 nitrogen and oxygen atoms in total. The van der Waals surface area contributed by atoms with Crippen LogP contribution in [0, 0.1) is 11.3 Å². The van der Waals surface area contributed by atoms with Crippen LogP contribution in [-0.2, 0) is 17.9 Å². The Hall–Kier alpha value is -1.35. The molecule has 0 spiro atoms. The van der Waals surface area contributed by atoms with Crippen molar-refractivity contribution in [3.63, 3.8) is 0 Å². The number of benzene rings is 1. The van der Waals surface area contributed by atoms with E-state index in [1.54, 1.807) is 0 Å². The highest BCUT2D eigenvalue weighted by atomic mass is 16.2. The number of piperidine rings is 1. The summed E-state index contributed by atoms with van der Waals surface area (Å²) in [6, 6.07) is 8.64. The van der Waals surface area contributed by atoms with Gasteiger partial charge >= 0.3 is 0 Å². The van der Waals surface area contributed by atoms with Crippen LogP contribution in [0.5, 0.6) is 0 Å². The summed E-state index contributed by atoms with van der Waals surface area (Å²) in [5.41, 5.74) is 2.19. The van der Waals surface area contributed by atoms with Gasteiger partial charge in [-0.1, -0.05) is 52.0 Å². The van der Waals surface area contributed by atoms with Gasteiger partial charge in [0.25, 0.3) is 0 Å². The van der Waals surface area contributed by atoms with E-state index in [2.05, 4.69) is 41.4 Å². The zero-order chi connectivity index (χ0) is 16.2. The minimum absolute atomic E-state index is 0.0963. The van der Waals surface area contributed by atoms with E-state index < -0.39 is 0 Å². The molecule has 1 saturated heterocycles. The largest absolute Gasteiger partial charge is 0.352 e. The van der Waals surface area contributed by atoms with Gasteiger partial charge in [-0.3, -0.25) is 9.69 Å². The minimum Gasteiger partial charge on any atom is -0.352 e. The Morgan fingerprint density at radius 1 is 1.14 bits per heavy atom. The highest BCUT2D eigenvalue weighted by Crippen LogP contribution is 2.18. The van der Waals surface area contributed by atoms with Crippen LogP contribution in [0.1, 0.15) is 51.7 Å². The number of likely N-dealkylation sites (tertiary alicyclic amines) is 1. The van der Waals surface area contributed by atoms with Crippen LogP contribution in [-0.4, -0.2) is 23.9 Å². The Morgan fingerprint density at radius 2 is 1.68 bits per heavy atom. The average Bonchev–Trinajstić information content (AvgIpc) is 2.47. The molecule has 0 aliphatic carbocycles. The summed E-state index contributed by atoms with van der Waals surface area (Å²) in [7, 11) is 0. The van der Waals surface area contributed by atoms with Crippen molar-refractivity contribution >= 4 is 5.91 Å². The Kier molecular flexibility index (Phi) is 5.63. The normalized spacial score (nSPS) is 17.5. The van der Waals surface area contributed by atoms with E-state index in [-0.39, 0.29) is 11.3 Å². The lowest BCUT2D eigenvalue weighted by molar-refractivity contribution is -0.128. The molecule has 0 bridgehead atoms. The molecule has 122 valence electrons. The van der Waals surface area contributed by atoms with Gasteiger partial charge in [-0.25, -0.2) is 0 Å². The fourth-order valence-electron chi connectivity index (χ4n) is 2.69. The summed E-state index contributed by atoms with van der Waals surface area (Å²) < 4.78 is 0. The lowest BCUT2D eigenvalue weighted by Gasteiger charge is -2.30. The molecular formula is C19H30N2O. The molecule has 3 heteroatoms. The number of rotatable bonds is 4. The lowest BCUT2D eigenvalue weighted by Crippen LogP contribution is -2.34. The Balaban J connectivity index is 1.81. The molecule has 1 aliphatic rings. The molecule has 1 heterocycles. The van der Waals surface area contributed by atoms with Crippen LogP contribution in [0.15, 0.2) is 24.3 Å². The molecule has 0 saturated carbocycles. The van der Waals surface area contributed by atoms with Crippen molar-refractivity contribution in [3.8, 4) is 0 Å². The molecule has 1 N–H and O–H groups in total. The quantitative estimate of drug-likeness (QED) is 0.922. The molecule has 0 atom stereocenters. The second kappa shape index (κ2) is 7.28. The van der Waals surface area contributed by atoms with Gasteiger partial charge in [-0.15, -0.1) is 0 Å². The van der Waals surface area contributed by atoms with Gasteiger partial charge in [0, 0.05) is 18.5 Å². The first kappa shape index (κ1) is 17.0. The predicted molar refractivity (Wildman–Crippen MR) is 91.4 cm³/mol. The third-order valence-electron chi connectivity index (χ3n) is 4.44. The van der Waals surface area contributed by atoms with Crippen molar-refractivity contribution in [1.82, 2.24) is 10.2 Å². The van der Waals surface area contributed by atoms with E-state index in [1.807, 2.05) is 20.8 Å². The number of nitrogens with zero attached hydrogens (tertiary/aromatic N) is 1. The van der Waals surface area contributed by atoms with Crippen LogP contribution in [0.25, 0.3) is 0 Å². The van der Waals surface area contributed by atoms with Crippen molar-refractivity contribution in [1.29, 1.82) is 0 Å². The van der Waals surface area contributed by atoms with E-state index in [4.69, 9.17) is 0 Å². The number of carbonyl (C=O) groups is 1. The molecule has 1 fully saturated rings. The van der Waals surface area contributed by atoms with Crippen LogP contribution in [0.2, 0.25) is 0 Å². The number of carbonyl (C=O) groups excluding carboxylic acids is 1. The molecule has 0 radical (unpaired) electrons. The molecule has 1 amide bonds. The molecule has 1 aromatic rings. The highest BCUT2D eigenvalue weighted by Gasteiger charge is 2.20. The van der Waals surface area contributed by atoms with E-state index >= 15 is 0 Å². The van der Waals surface area contributed by atoms with Gasteiger partial charge in [0.1, 0.15) is 0 Å². The zero-order valence-corrected chi connectivity index (χ0v) is 14.5. The minimum atomic E-state index is -0.328. The van der Waals surface area contributed by atoms with Gasteiger partial charge in [0.15, 0.2) is 0 Å². The van der Waals surface area contributed by atoms with E-state index in [1.165, 1.54) is 31.5 Å². The number of nitrogens with one attached hydrogen (secondary N) is 1. The number of amides is 1. The maximum absolute atomic E-state index is 11.9. The van der Waals surface area contributed by atoms with E-state index in [0.717, 1.165) is 18.0 Å². The van der Waals surface area contributed by atoms with Crippen molar-refractivity contribution in [2.75, 3.05) is 13.1 Å². The van der Waals surface area contributed by atoms with E-state index in [9.17, 15) is 4.79 Å². The number of hydrogen-bond donors (Lipinski definition) is 1. The fourth-order valence-corrected chi connectivity index (χ4v) is 2.69. The van der Waals surface area contributed by atoms with Crippen molar-refractivity contribution < 1.29 is 4.79 Å². The Morgan fingerprint density at radius 3 is 2.23 bits per heavy atom. The van der Waals surface area contributed by atoms with Gasteiger partial charge in [0.05, 0.1) is 0 Å². The van der Waals surface area contributed by atoms with Crippen LogP contribution in [0.3, 0.4) is 0 Å². The van der Waals surface area contributed by atoms with Gasteiger partial charge in [-0.05, 0) is 43.0 Å². The lowest BCUT2D eigenvalue weighted by atomic mass is 9.95. The standard InChI is InChI=1S/C19H30N2O/c1-15-9-11-21(12-10-15)14-17-7-5-16(6-8-17)13-20-18(22)19(2,3)4/h5-8,15H,9-14H2,1-4H3,(H,20,22). The summed E-state index contributed by atoms with van der Waals surface area (Å²) in [6.07, 6.45) is 2.63. The molecule has 1 aliphatic heterocycles. The second-order valence-electron chi connectivity index (χ2n) is 7.71. The number of hydrogen-bond acceptors (Lipinski definition) is 2. The van der Waals surface area contributed by atoms with Gasteiger partial charge in [0.2, 0.25) is 5.91 Å². The summed E-state index contributed by atoms with van der Waals surface area (Å²) in [5, 5.41) is 3.00. The summed E-state index contributed by atoms with van der Waals surface area (Å²) in [6.45, 7) is 12.2. The Bertz CT molecular complexity index is 479. The first-order chi connectivity index (χ1) is 10.3. The molecule has 2 rings (SSSR count). The molecule has 0 aromatic heterocycles. The van der Waals surface area contributed by atoms with Crippen LogP contribution >= 0.6 is 0 Å². The van der Waals surface area contributed by atoms with E-state index in [0.29, 0.717) is 6.54 Å². The summed E-state index contributed by atoms with van der Waals surface area (Å²) >= 11 is 0. The molecule has 1 aromatic carbocycles. The molecule has 0 unspecified atom stereocenters.